The number of nitrogens with one attached hydrogen (secondary N) is 2. The van der Waals surface area contributed by atoms with Crippen LogP contribution in [-0.2, 0) is 6.54 Å². The summed E-state index contributed by atoms with van der Waals surface area (Å²) in [5.74, 6) is -2.22. The Morgan fingerprint density at radius 3 is 2.47 bits per heavy atom. The summed E-state index contributed by atoms with van der Waals surface area (Å²) >= 11 is 0. The normalized spacial score (nSPS) is 11.4. The average Bonchev–Trinajstić information content (AvgIpc) is 3.01. The van der Waals surface area contributed by atoms with Gasteiger partial charge in [0, 0.05) is 23.4 Å². The molecule has 43 heavy (non-hydrogen) atoms. The number of halogens is 2. The molecule has 12 heteroatoms. The van der Waals surface area contributed by atoms with E-state index in [1.54, 1.807) is 25.3 Å². The number of amides is 1. The van der Waals surface area contributed by atoms with Gasteiger partial charge in [-0.3, -0.25) is 4.79 Å². The smallest absolute Gasteiger partial charge is 0.274 e. The second-order valence-corrected chi connectivity index (χ2v) is 9.60. The lowest BCUT2D eigenvalue weighted by Crippen LogP contribution is -2.29. The number of hydrogen-bond donors (Lipinski definition) is 4. The van der Waals surface area contributed by atoms with E-state index in [-0.39, 0.29) is 29.6 Å². The second kappa shape index (κ2) is 12.3. The fraction of sp³-hybridized carbons (Fsp3) is 0.0968. The van der Waals surface area contributed by atoms with Gasteiger partial charge in [0.15, 0.2) is 28.8 Å². The van der Waals surface area contributed by atoms with Gasteiger partial charge in [-0.2, -0.15) is 5.26 Å². The van der Waals surface area contributed by atoms with Crippen molar-refractivity contribution in [1.29, 1.82) is 5.26 Å². The number of carbonyl (C=O) groups is 1. The summed E-state index contributed by atoms with van der Waals surface area (Å²) in [6.07, 6.45) is 2.84. The van der Waals surface area contributed by atoms with E-state index in [2.05, 4.69) is 25.6 Å². The largest absolute Gasteiger partial charge is 0.399 e. The summed E-state index contributed by atoms with van der Waals surface area (Å²) in [6.45, 7) is 1.90. The number of nitrogens with two attached hydrogens (primary N) is 2. The minimum Gasteiger partial charge on any atom is -0.399 e. The SMILES string of the molecule is C[C@H](NC(=O)c1nc(C#N)cnc1NCc1ccc(-c2cnc(N)c(-c3cccc(N)c3)n2)cc1)c1ccc(F)c(F)c1. The number of carbonyl (C=O) groups excluding carboxylic acids is 1. The van der Waals surface area contributed by atoms with Crippen molar-refractivity contribution in [1.82, 2.24) is 25.3 Å². The predicted octanol–water partition coefficient (Wildman–Crippen LogP) is 5.02. The van der Waals surface area contributed by atoms with E-state index in [1.807, 2.05) is 42.5 Å². The molecule has 0 saturated carbocycles. The third-order valence-corrected chi connectivity index (χ3v) is 6.56. The Kier molecular flexibility index (Phi) is 8.15. The Balaban J connectivity index is 1.31. The van der Waals surface area contributed by atoms with Gasteiger partial charge in [-0.15, -0.1) is 0 Å². The Hall–Kier alpha value is -5.96. The second-order valence-electron chi connectivity index (χ2n) is 9.60. The molecule has 0 unspecified atom stereocenters. The average molecular weight is 578 g/mol. The molecule has 214 valence electrons. The Morgan fingerprint density at radius 1 is 0.953 bits per heavy atom. The molecule has 0 fully saturated rings. The Bertz CT molecular complexity index is 1860. The van der Waals surface area contributed by atoms with Gasteiger partial charge >= 0.3 is 0 Å². The molecule has 2 heterocycles. The van der Waals surface area contributed by atoms with Crippen molar-refractivity contribution in [3.05, 3.63) is 113 Å². The van der Waals surface area contributed by atoms with Crippen molar-refractivity contribution >= 4 is 23.2 Å². The molecule has 0 radical (unpaired) electrons. The number of rotatable bonds is 8. The Morgan fingerprint density at radius 2 is 1.74 bits per heavy atom. The molecule has 3 aromatic carbocycles. The van der Waals surface area contributed by atoms with Gasteiger partial charge in [-0.05, 0) is 42.3 Å². The molecule has 6 N–H and O–H groups in total. The van der Waals surface area contributed by atoms with Crippen LogP contribution < -0.4 is 22.1 Å². The number of nitrogens with zero attached hydrogens (tertiary/aromatic N) is 5. The highest BCUT2D eigenvalue weighted by Crippen LogP contribution is 2.27. The van der Waals surface area contributed by atoms with Crippen LogP contribution in [0.25, 0.3) is 22.5 Å². The lowest BCUT2D eigenvalue weighted by Gasteiger charge is -2.16. The Labute approximate surface area is 245 Å². The van der Waals surface area contributed by atoms with E-state index < -0.39 is 23.6 Å². The van der Waals surface area contributed by atoms with Crippen molar-refractivity contribution in [2.24, 2.45) is 0 Å². The number of aromatic nitrogens is 4. The lowest BCUT2D eigenvalue weighted by molar-refractivity contribution is 0.0935. The molecule has 0 aliphatic rings. The molecule has 2 aromatic heterocycles. The number of nitrogen functional groups attached to an aromatic ring is 2. The van der Waals surface area contributed by atoms with E-state index in [0.29, 0.717) is 22.6 Å². The van der Waals surface area contributed by atoms with Crippen LogP contribution in [-0.4, -0.2) is 25.8 Å². The first-order valence-corrected chi connectivity index (χ1v) is 13.1. The third-order valence-electron chi connectivity index (χ3n) is 6.56. The summed E-state index contributed by atoms with van der Waals surface area (Å²) in [4.78, 5) is 30.4. The van der Waals surface area contributed by atoms with Crippen molar-refractivity contribution in [2.45, 2.75) is 19.5 Å². The van der Waals surface area contributed by atoms with Crippen LogP contribution in [0.1, 0.15) is 40.3 Å². The summed E-state index contributed by atoms with van der Waals surface area (Å²) < 4.78 is 27.0. The van der Waals surface area contributed by atoms with Gasteiger partial charge in [0.1, 0.15) is 17.6 Å². The molecule has 10 nitrogen and oxygen atoms in total. The number of anilines is 3. The van der Waals surface area contributed by atoms with Gasteiger partial charge in [0.05, 0.1) is 24.1 Å². The molecular formula is C31H25F2N9O. The third kappa shape index (κ3) is 6.52. The van der Waals surface area contributed by atoms with Gasteiger partial charge in [0.25, 0.3) is 5.91 Å². The highest BCUT2D eigenvalue weighted by atomic mass is 19.2. The minimum atomic E-state index is -1.02. The highest BCUT2D eigenvalue weighted by molar-refractivity contribution is 5.97. The van der Waals surface area contributed by atoms with E-state index in [1.165, 1.54) is 12.3 Å². The van der Waals surface area contributed by atoms with Crippen LogP contribution in [0, 0.1) is 23.0 Å². The highest BCUT2D eigenvalue weighted by Gasteiger charge is 2.20. The molecule has 0 saturated heterocycles. The van der Waals surface area contributed by atoms with Crippen LogP contribution in [0.15, 0.2) is 79.1 Å². The van der Waals surface area contributed by atoms with E-state index in [9.17, 15) is 18.8 Å². The molecule has 5 rings (SSSR count). The van der Waals surface area contributed by atoms with Crippen LogP contribution >= 0.6 is 0 Å². The monoisotopic (exact) mass is 577 g/mol. The van der Waals surface area contributed by atoms with Crippen LogP contribution in [0.4, 0.5) is 26.1 Å². The molecular weight excluding hydrogens is 552 g/mol. The van der Waals surface area contributed by atoms with Crippen molar-refractivity contribution in [2.75, 3.05) is 16.8 Å². The number of nitriles is 1. The maximum absolute atomic E-state index is 13.7. The topological polar surface area (TPSA) is 169 Å². The zero-order chi connectivity index (χ0) is 30.5. The molecule has 1 atom stereocenters. The van der Waals surface area contributed by atoms with Gasteiger partial charge in [0.2, 0.25) is 0 Å². The fourth-order valence-electron chi connectivity index (χ4n) is 4.28. The van der Waals surface area contributed by atoms with Crippen molar-refractivity contribution in [3.63, 3.8) is 0 Å². The zero-order valence-electron chi connectivity index (χ0n) is 22.8. The van der Waals surface area contributed by atoms with Crippen molar-refractivity contribution < 1.29 is 13.6 Å². The first kappa shape index (κ1) is 28.6. The lowest BCUT2D eigenvalue weighted by atomic mass is 10.1. The summed E-state index contributed by atoms with van der Waals surface area (Å²) in [5.41, 5.74) is 16.4. The molecule has 0 aliphatic heterocycles. The van der Waals surface area contributed by atoms with E-state index >= 15 is 0 Å². The predicted molar refractivity (Wildman–Crippen MR) is 158 cm³/mol. The summed E-state index contributed by atoms with van der Waals surface area (Å²) in [7, 11) is 0. The molecule has 5 aromatic rings. The van der Waals surface area contributed by atoms with Crippen molar-refractivity contribution in [3.8, 4) is 28.6 Å². The molecule has 0 bridgehead atoms. The van der Waals surface area contributed by atoms with E-state index in [4.69, 9.17) is 16.5 Å². The fourth-order valence-corrected chi connectivity index (χ4v) is 4.28. The maximum Gasteiger partial charge on any atom is 0.274 e. The zero-order valence-corrected chi connectivity index (χ0v) is 22.8. The quantitative estimate of drug-likeness (QED) is 0.185. The van der Waals surface area contributed by atoms with E-state index in [0.717, 1.165) is 28.8 Å². The first-order valence-electron chi connectivity index (χ1n) is 13.1. The van der Waals surface area contributed by atoms with Gasteiger partial charge in [-0.1, -0.05) is 42.5 Å². The maximum atomic E-state index is 13.7. The van der Waals surface area contributed by atoms with Crippen LogP contribution in [0.5, 0.6) is 0 Å². The molecule has 0 aliphatic carbocycles. The molecule has 1 amide bonds. The summed E-state index contributed by atoms with van der Waals surface area (Å²) in [5, 5.41) is 15.1. The summed E-state index contributed by atoms with van der Waals surface area (Å²) in [6, 6.07) is 19.3. The molecule has 0 spiro atoms. The van der Waals surface area contributed by atoms with Gasteiger partial charge in [-0.25, -0.2) is 28.7 Å². The standard InChI is InChI=1S/C31H25F2N9O/c1-17(20-9-10-24(32)25(33)12-20)40-31(43)28-30(39-15-23(13-34)41-28)38-14-18-5-7-19(8-6-18)26-16-37-29(36)27(42-26)21-3-2-4-22(35)11-21/h2-12,15-17H,14,35H2,1H3,(H2,36,37)(H,38,39)(H,40,43)/t17-/m0/s1. The van der Waals surface area contributed by atoms with Crippen LogP contribution in [0.3, 0.4) is 0 Å². The number of hydrogen-bond acceptors (Lipinski definition) is 9. The number of benzene rings is 3. The first-order chi connectivity index (χ1) is 20.7. The minimum absolute atomic E-state index is 0.0531. The van der Waals surface area contributed by atoms with Gasteiger partial charge < -0.3 is 22.1 Å². The van der Waals surface area contributed by atoms with Crippen LogP contribution in [0.2, 0.25) is 0 Å².